The van der Waals surface area contributed by atoms with Gasteiger partial charge in [-0.15, -0.1) is 0 Å². The van der Waals surface area contributed by atoms with Gasteiger partial charge in [0.05, 0.1) is 6.61 Å². The standard InChI is InChI=1S/C2H6O6S2.Na.H/c1-2-8-10(6,7)9(3,4)5;;/h2H2,1H3,(H,3,4,5);;/q;+1;-1. The van der Waals surface area contributed by atoms with Crippen LogP contribution in [0.3, 0.4) is 0 Å². The fourth-order valence-electron chi connectivity index (χ4n) is 0.205. The maximum atomic E-state index is 10.2. The molecule has 0 aromatic heterocycles. The van der Waals surface area contributed by atoms with E-state index in [0.29, 0.717) is 0 Å². The topological polar surface area (TPSA) is 97.7 Å². The second kappa shape index (κ2) is 4.75. The molecule has 0 fully saturated rings. The van der Waals surface area contributed by atoms with Crippen LogP contribution in [0.4, 0.5) is 0 Å². The van der Waals surface area contributed by atoms with Crippen molar-refractivity contribution in [2.24, 2.45) is 0 Å². The van der Waals surface area contributed by atoms with Crippen molar-refractivity contribution in [2.75, 3.05) is 6.61 Å². The van der Waals surface area contributed by atoms with Crippen molar-refractivity contribution in [3.05, 3.63) is 0 Å². The Balaban J connectivity index is -0.000000405. The zero-order valence-electron chi connectivity index (χ0n) is 7.01. The third kappa shape index (κ3) is 4.41. The van der Waals surface area contributed by atoms with Gasteiger partial charge in [-0.25, -0.2) is 0 Å². The van der Waals surface area contributed by atoms with Crippen molar-refractivity contribution in [3.8, 4) is 0 Å². The van der Waals surface area contributed by atoms with E-state index in [1.54, 1.807) is 0 Å². The Morgan fingerprint density at radius 2 is 1.73 bits per heavy atom. The Hall–Kier alpha value is 0.820. The molecule has 11 heavy (non-hydrogen) atoms. The summed E-state index contributed by atoms with van der Waals surface area (Å²) >= 11 is 0. The van der Waals surface area contributed by atoms with Gasteiger partial charge in [0.25, 0.3) is 0 Å². The Morgan fingerprint density at radius 1 is 1.36 bits per heavy atom. The maximum absolute atomic E-state index is 10.2. The summed E-state index contributed by atoms with van der Waals surface area (Å²) in [5.74, 6) is 0. The summed E-state index contributed by atoms with van der Waals surface area (Å²) in [5, 5.41) is 0. The maximum Gasteiger partial charge on any atom is 1.00 e. The van der Waals surface area contributed by atoms with Crippen LogP contribution < -0.4 is 29.6 Å². The molecule has 9 heteroatoms. The molecule has 1 N–H and O–H groups in total. The molecule has 0 aromatic rings. The van der Waals surface area contributed by atoms with Crippen LogP contribution >= 0.6 is 0 Å². The average molecular weight is 214 g/mol. The van der Waals surface area contributed by atoms with Gasteiger partial charge in [-0.3, -0.25) is 8.74 Å². The first kappa shape index (κ1) is 14.3. The minimum atomic E-state index is -5.11. The Morgan fingerprint density at radius 3 is 1.82 bits per heavy atom. The molecule has 0 saturated heterocycles. The molecule has 6 nitrogen and oxygen atoms in total. The second-order valence-electron chi connectivity index (χ2n) is 1.24. The SMILES string of the molecule is CCOS(=O)(=O)S(=O)(=O)O.[H-].[Na+]. The molecular formula is C2H7NaO6S2. The van der Waals surface area contributed by atoms with Gasteiger partial charge in [-0.1, -0.05) is 0 Å². The van der Waals surface area contributed by atoms with Crippen molar-refractivity contribution >= 4 is 18.3 Å². The van der Waals surface area contributed by atoms with Gasteiger partial charge in [-0.05, 0) is 6.92 Å². The normalized spacial score (nSPS) is 12.2. The summed E-state index contributed by atoms with van der Waals surface area (Å²) in [6, 6.07) is 0. The van der Waals surface area contributed by atoms with E-state index in [-0.39, 0.29) is 37.6 Å². The third-order valence-electron chi connectivity index (χ3n) is 0.520. The molecule has 0 bridgehead atoms. The van der Waals surface area contributed by atoms with E-state index >= 15 is 0 Å². The molecule has 0 aromatic carbocycles. The fraction of sp³-hybridized carbons (Fsp3) is 1.00. The quantitative estimate of drug-likeness (QED) is 0.295. The molecule has 0 saturated carbocycles. The third-order valence-corrected chi connectivity index (χ3v) is 3.40. The Bertz CT molecular complexity index is 292. The van der Waals surface area contributed by atoms with Gasteiger partial charge in [0.2, 0.25) is 0 Å². The molecule has 0 spiro atoms. The van der Waals surface area contributed by atoms with Gasteiger partial charge in [0.1, 0.15) is 0 Å². The first-order chi connectivity index (χ1) is 4.31. The summed E-state index contributed by atoms with van der Waals surface area (Å²) in [7, 11) is -9.93. The van der Waals surface area contributed by atoms with E-state index in [4.69, 9.17) is 4.55 Å². The van der Waals surface area contributed by atoms with Gasteiger partial charge in [0.15, 0.2) is 0 Å². The average Bonchev–Trinajstić information content (AvgIpc) is 1.61. The summed E-state index contributed by atoms with van der Waals surface area (Å²) < 4.78 is 51.8. The largest absolute Gasteiger partial charge is 1.00 e. The summed E-state index contributed by atoms with van der Waals surface area (Å²) in [5.41, 5.74) is 0. The molecule has 0 unspecified atom stereocenters. The minimum absolute atomic E-state index is 0. The number of hydrogen-bond acceptors (Lipinski definition) is 5. The second-order valence-corrected chi connectivity index (χ2v) is 5.64. The van der Waals surface area contributed by atoms with E-state index in [9.17, 15) is 16.8 Å². The van der Waals surface area contributed by atoms with Gasteiger partial charge in [-0.2, -0.15) is 16.8 Å². The Labute approximate surface area is 88.0 Å². The molecule has 0 rings (SSSR count). The smallest absolute Gasteiger partial charge is 1.00 e. The molecule has 0 amide bonds. The van der Waals surface area contributed by atoms with E-state index in [2.05, 4.69) is 4.18 Å². The predicted molar refractivity (Wildman–Crippen MR) is 33.2 cm³/mol. The van der Waals surface area contributed by atoms with Crippen LogP contribution in [0.1, 0.15) is 8.35 Å². The van der Waals surface area contributed by atoms with Crippen LogP contribution in [0, 0.1) is 0 Å². The molecular weight excluding hydrogens is 207 g/mol. The summed E-state index contributed by atoms with van der Waals surface area (Å²) in [6.45, 7) is 0.949. The van der Waals surface area contributed by atoms with Crippen LogP contribution in [0.25, 0.3) is 0 Å². The van der Waals surface area contributed by atoms with Crippen molar-refractivity contribution in [1.82, 2.24) is 0 Å². The van der Waals surface area contributed by atoms with E-state index in [0.717, 1.165) is 0 Å². The fourth-order valence-corrected chi connectivity index (χ4v) is 1.27. The van der Waals surface area contributed by atoms with Crippen molar-refractivity contribution in [1.29, 1.82) is 0 Å². The predicted octanol–water partition coefficient (Wildman–Crippen LogP) is -3.73. The summed E-state index contributed by atoms with van der Waals surface area (Å²) in [4.78, 5) is 0. The first-order valence-corrected chi connectivity index (χ1v) is 5.54. The molecule has 0 aliphatic carbocycles. The minimum Gasteiger partial charge on any atom is -1.00 e. The van der Waals surface area contributed by atoms with Gasteiger partial charge in [0, 0.05) is 0 Å². The van der Waals surface area contributed by atoms with Crippen LogP contribution in [0.5, 0.6) is 0 Å². The molecule has 0 heterocycles. The molecule has 0 radical (unpaired) electrons. The van der Waals surface area contributed by atoms with Crippen LogP contribution in [0.15, 0.2) is 0 Å². The van der Waals surface area contributed by atoms with Crippen molar-refractivity contribution < 1.29 is 56.6 Å². The van der Waals surface area contributed by atoms with E-state index in [1.807, 2.05) is 0 Å². The van der Waals surface area contributed by atoms with E-state index < -0.39 is 18.3 Å². The molecule has 0 aliphatic heterocycles. The van der Waals surface area contributed by atoms with Crippen LogP contribution in [-0.4, -0.2) is 28.0 Å². The van der Waals surface area contributed by atoms with E-state index in [1.165, 1.54) is 6.92 Å². The zero-order valence-corrected chi connectivity index (χ0v) is 9.65. The zero-order chi connectivity index (χ0) is 8.41. The van der Waals surface area contributed by atoms with Crippen LogP contribution in [0.2, 0.25) is 0 Å². The van der Waals surface area contributed by atoms with Crippen molar-refractivity contribution in [2.45, 2.75) is 6.92 Å². The molecule has 64 valence electrons. The first-order valence-electron chi connectivity index (χ1n) is 2.18. The molecule has 0 atom stereocenters. The van der Waals surface area contributed by atoms with Gasteiger partial charge < -0.3 is 1.43 Å². The Kier molecular flexibility index (Phi) is 6.20. The number of rotatable bonds is 3. The number of hydrogen-bond donors (Lipinski definition) is 1. The van der Waals surface area contributed by atoms with Gasteiger partial charge >= 0.3 is 47.9 Å². The summed E-state index contributed by atoms with van der Waals surface area (Å²) in [6.07, 6.45) is 0. The van der Waals surface area contributed by atoms with Crippen LogP contribution in [-0.2, 0) is 22.5 Å². The molecule has 0 aliphatic rings. The van der Waals surface area contributed by atoms with Crippen molar-refractivity contribution in [3.63, 3.8) is 0 Å². The monoisotopic (exact) mass is 214 g/mol.